The summed E-state index contributed by atoms with van der Waals surface area (Å²) in [6.45, 7) is 3.50. The SMILES string of the molecule is CCC(C)(C(=O)Nc1ccc(CCO)cc1)/C(N)=N/O. The minimum Gasteiger partial charge on any atom is -0.409 e. The van der Waals surface area contributed by atoms with E-state index in [9.17, 15) is 4.79 Å². The lowest BCUT2D eigenvalue weighted by Gasteiger charge is -2.25. The van der Waals surface area contributed by atoms with Gasteiger partial charge in [-0.3, -0.25) is 4.79 Å². The maximum atomic E-state index is 12.3. The maximum Gasteiger partial charge on any atom is 0.238 e. The summed E-state index contributed by atoms with van der Waals surface area (Å²) < 4.78 is 0. The summed E-state index contributed by atoms with van der Waals surface area (Å²) in [5.74, 6) is -0.445. The van der Waals surface area contributed by atoms with E-state index in [1.165, 1.54) is 0 Å². The molecule has 0 bridgehead atoms. The van der Waals surface area contributed by atoms with Crippen LogP contribution in [0.4, 0.5) is 5.69 Å². The van der Waals surface area contributed by atoms with E-state index >= 15 is 0 Å². The zero-order valence-electron chi connectivity index (χ0n) is 11.8. The highest BCUT2D eigenvalue weighted by molar-refractivity contribution is 6.11. The van der Waals surface area contributed by atoms with Gasteiger partial charge in [-0.1, -0.05) is 24.2 Å². The molecular weight excluding hydrogens is 258 g/mol. The molecule has 0 fully saturated rings. The van der Waals surface area contributed by atoms with E-state index < -0.39 is 5.41 Å². The summed E-state index contributed by atoms with van der Waals surface area (Å²) in [4.78, 5) is 12.3. The number of benzene rings is 1. The van der Waals surface area contributed by atoms with E-state index in [1.807, 2.05) is 12.1 Å². The van der Waals surface area contributed by atoms with Crippen LogP contribution in [0.15, 0.2) is 29.4 Å². The highest BCUT2D eigenvalue weighted by Crippen LogP contribution is 2.24. The number of amidine groups is 1. The fourth-order valence-electron chi connectivity index (χ4n) is 1.72. The topological polar surface area (TPSA) is 108 Å². The molecule has 0 radical (unpaired) electrons. The molecule has 0 saturated carbocycles. The fraction of sp³-hybridized carbons (Fsp3) is 0.429. The second-order valence-corrected chi connectivity index (χ2v) is 4.80. The van der Waals surface area contributed by atoms with Gasteiger partial charge in [0.05, 0.1) is 0 Å². The van der Waals surface area contributed by atoms with Gasteiger partial charge in [0.15, 0.2) is 5.84 Å². The Morgan fingerprint density at radius 3 is 2.45 bits per heavy atom. The summed E-state index contributed by atoms with van der Waals surface area (Å²) >= 11 is 0. The number of oxime groups is 1. The van der Waals surface area contributed by atoms with Gasteiger partial charge in [-0.05, 0) is 37.5 Å². The van der Waals surface area contributed by atoms with Crippen LogP contribution in [0.1, 0.15) is 25.8 Å². The Morgan fingerprint density at radius 2 is 2.00 bits per heavy atom. The number of rotatable bonds is 6. The lowest BCUT2D eigenvalue weighted by molar-refractivity contribution is -0.121. The molecule has 6 heteroatoms. The van der Waals surface area contributed by atoms with E-state index in [0.717, 1.165) is 5.56 Å². The van der Waals surface area contributed by atoms with Gasteiger partial charge in [-0.15, -0.1) is 0 Å². The highest BCUT2D eigenvalue weighted by atomic mass is 16.4. The van der Waals surface area contributed by atoms with Crippen LogP contribution < -0.4 is 11.1 Å². The molecule has 1 rings (SSSR count). The Morgan fingerprint density at radius 1 is 1.40 bits per heavy atom. The van der Waals surface area contributed by atoms with Gasteiger partial charge >= 0.3 is 0 Å². The molecule has 0 aliphatic carbocycles. The summed E-state index contributed by atoms with van der Waals surface area (Å²) in [5.41, 5.74) is 6.15. The van der Waals surface area contributed by atoms with Crippen molar-refractivity contribution in [3.63, 3.8) is 0 Å². The molecule has 5 N–H and O–H groups in total. The predicted octanol–water partition coefficient (Wildman–Crippen LogP) is 1.32. The highest BCUT2D eigenvalue weighted by Gasteiger charge is 2.36. The molecule has 1 atom stereocenters. The molecule has 1 aromatic rings. The standard InChI is InChI=1S/C14H21N3O3/c1-3-14(2,12(15)17-20)13(19)16-11-6-4-10(5-7-11)8-9-18/h4-7,18,20H,3,8-9H2,1-2H3,(H2,15,17)(H,16,19). The lowest BCUT2D eigenvalue weighted by Crippen LogP contribution is -2.44. The number of hydrogen-bond donors (Lipinski definition) is 4. The van der Waals surface area contributed by atoms with Gasteiger partial charge in [0.2, 0.25) is 5.91 Å². The smallest absolute Gasteiger partial charge is 0.238 e. The summed E-state index contributed by atoms with van der Waals surface area (Å²) in [6, 6.07) is 7.17. The molecule has 1 unspecified atom stereocenters. The number of aliphatic hydroxyl groups excluding tert-OH is 1. The zero-order valence-corrected chi connectivity index (χ0v) is 11.8. The molecule has 6 nitrogen and oxygen atoms in total. The Balaban J connectivity index is 2.84. The van der Waals surface area contributed by atoms with Crippen molar-refractivity contribution in [2.45, 2.75) is 26.7 Å². The first kappa shape index (κ1) is 16.0. The van der Waals surface area contributed by atoms with Crippen molar-refractivity contribution in [1.82, 2.24) is 0 Å². The van der Waals surface area contributed by atoms with Crippen molar-refractivity contribution >= 4 is 17.4 Å². The average molecular weight is 279 g/mol. The predicted molar refractivity (Wildman–Crippen MR) is 77.7 cm³/mol. The minimum atomic E-state index is -1.06. The molecule has 0 aromatic heterocycles. The molecule has 0 heterocycles. The van der Waals surface area contributed by atoms with Crippen molar-refractivity contribution in [1.29, 1.82) is 0 Å². The number of anilines is 1. The first-order valence-electron chi connectivity index (χ1n) is 6.47. The lowest BCUT2D eigenvalue weighted by atomic mass is 9.85. The monoisotopic (exact) mass is 279 g/mol. The summed E-state index contributed by atoms with van der Waals surface area (Å²) in [6.07, 6.45) is 0.988. The Bertz CT molecular complexity index is 485. The molecule has 1 aromatic carbocycles. The van der Waals surface area contributed by atoms with Crippen molar-refractivity contribution in [2.24, 2.45) is 16.3 Å². The van der Waals surface area contributed by atoms with Gasteiger partial charge in [-0.25, -0.2) is 0 Å². The van der Waals surface area contributed by atoms with Crippen molar-refractivity contribution in [2.75, 3.05) is 11.9 Å². The maximum absolute atomic E-state index is 12.3. The Hall–Kier alpha value is -2.08. The second-order valence-electron chi connectivity index (χ2n) is 4.80. The van der Waals surface area contributed by atoms with Gasteiger partial charge in [0.1, 0.15) is 5.41 Å². The van der Waals surface area contributed by atoms with Crippen LogP contribution >= 0.6 is 0 Å². The zero-order chi connectivity index (χ0) is 15.2. The van der Waals surface area contributed by atoms with Gasteiger partial charge in [-0.2, -0.15) is 0 Å². The van der Waals surface area contributed by atoms with Crippen molar-refractivity contribution in [3.05, 3.63) is 29.8 Å². The van der Waals surface area contributed by atoms with Crippen molar-refractivity contribution < 1.29 is 15.1 Å². The van der Waals surface area contributed by atoms with E-state index in [4.69, 9.17) is 16.0 Å². The number of aliphatic hydroxyl groups is 1. The second kappa shape index (κ2) is 6.91. The number of nitrogens with zero attached hydrogens (tertiary/aromatic N) is 1. The van der Waals surface area contributed by atoms with Gasteiger partial charge in [0, 0.05) is 12.3 Å². The third-order valence-corrected chi connectivity index (χ3v) is 3.49. The van der Waals surface area contributed by atoms with Crippen LogP contribution in [0, 0.1) is 5.41 Å². The minimum absolute atomic E-state index is 0.0864. The molecule has 20 heavy (non-hydrogen) atoms. The van der Waals surface area contributed by atoms with E-state index in [-0.39, 0.29) is 18.3 Å². The molecule has 0 aliphatic heterocycles. The van der Waals surface area contributed by atoms with Crippen molar-refractivity contribution in [3.8, 4) is 0 Å². The summed E-state index contributed by atoms with van der Waals surface area (Å²) in [7, 11) is 0. The molecule has 0 saturated heterocycles. The number of amides is 1. The molecule has 1 amide bonds. The first-order chi connectivity index (χ1) is 9.47. The fourth-order valence-corrected chi connectivity index (χ4v) is 1.72. The van der Waals surface area contributed by atoms with Gasteiger partial charge in [0.25, 0.3) is 0 Å². The number of carbonyl (C=O) groups excluding carboxylic acids is 1. The molecule has 0 spiro atoms. The average Bonchev–Trinajstić information content (AvgIpc) is 2.47. The Labute approximate surface area is 118 Å². The third-order valence-electron chi connectivity index (χ3n) is 3.49. The van der Waals surface area contributed by atoms with Gasteiger partial charge < -0.3 is 21.4 Å². The largest absolute Gasteiger partial charge is 0.409 e. The van der Waals surface area contributed by atoms with Crippen LogP contribution in [0.25, 0.3) is 0 Å². The van der Waals surface area contributed by atoms with E-state index in [2.05, 4.69) is 10.5 Å². The third kappa shape index (κ3) is 3.48. The Kier molecular flexibility index (Phi) is 5.52. The molecular formula is C14H21N3O3. The van der Waals surface area contributed by atoms with Crippen LogP contribution in [0.3, 0.4) is 0 Å². The number of carbonyl (C=O) groups is 1. The number of hydrogen-bond acceptors (Lipinski definition) is 4. The van der Waals surface area contributed by atoms with Crippen LogP contribution in [-0.4, -0.2) is 28.7 Å². The number of nitrogens with two attached hydrogens (primary N) is 1. The van der Waals surface area contributed by atoms with Crippen LogP contribution in [0.2, 0.25) is 0 Å². The molecule has 110 valence electrons. The first-order valence-corrected chi connectivity index (χ1v) is 6.47. The van der Waals surface area contributed by atoms with Crippen LogP contribution in [-0.2, 0) is 11.2 Å². The number of nitrogens with one attached hydrogen (secondary N) is 1. The van der Waals surface area contributed by atoms with E-state index in [0.29, 0.717) is 18.5 Å². The van der Waals surface area contributed by atoms with Crippen LogP contribution in [0.5, 0.6) is 0 Å². The summed E-state index contributed by atoms with van der Waals surface area (Å²) in [5, 5.41) is 23.3. The van der Waals surface area contributed by atoms with E-state index in [1.54, 1.807) is 26.0 Å². The normalized spacial score (nSPS) is 14.7. The molecule has 0 aliphatic rings. The quantitative estimate of drug-likeness (QED) is 0.272.